The summed E-state index contributed by atoms with van der Waals surface area (Å²) in [6, 6.07) is 16.0. The van der Waals surface area contributed by atoms with E-state index in [-0.39, 0.29) is 18.9 Å². The first-order valence-corrected chi connectivity index (χ1v) is 7.87. The lowest BCUT2D eigenvalue weighted by atomic mass is 10.1. The van der Waals surface area contributed by atoms with E-state index in [1.807, 2.05) is 42.5 Å². The minimum Gasteiger partial charge on any atom is -0.480 e. The van der Waals surface area contributed by atoms with Crippen molar-refractivity contribution < 1.29 is 14.7 Å². The average Bonchev–Trinajstić information content (AvgIpc) is 2.95. The summed E-state index contributed by atoms with van der Waals surface area (Å²) in [7, 11) is 0. The summed E-state index contributed by atoms with van der Waals surface area (Å²) in [6.07, 6.45) is 0.0906. The molecule has 1 amide bonds. The largest absolute Gasteiger partial charge is 0.480 e. The number of rotatable bonds is 5. The molecule has 5 nitrogen and oxygen atoms in total. The molecule has 0 unspecified atom stereocenters. The highest BCUT2D eigenvalue weighted by atomic mass is 32.1. The Morgan fingerprint density at radius 3 is 2.61 bits per heavy atom. The van der Waals surface area contributed by atoms with Crippen molar-refractivity contribution in [3.8, 4) is 11.1 Å². The summed E-state index contributed by atoms with van der Waals surface area (Å²) in [6.45, 7) is -0.373. The van der Waals surface area contributed by atoms with E-state index in [0.717, 1.165) is 21.3 Å². The maximum absolute atomic E-state index is 11.7. The van der Waals surface area contributed by atoms with E-state index in [1.54, 1.807) is 0 Å². The highest BCUT2D eigenvalue weighted by molar-refractivity contribution is 7.18. The van der Waals surface area contributed by atoms with Gasteiger partial charge in [0.15, 0.2) is 0 Å². The number of carbonyl (C=O) groups excluding carboxylic acids is 1. The van der Waals surface area contributed by atoms with Gasteiger partial charge < -0.3 is 10.4 Å². The summed E-state index contributed by atoms with van der Waals surface area (Å²) in [5.41, 5.74) is 3.07. The molecule has 0 aliphatic heterocycles. The first kappa shape index (κ1) is 15.2. The van der Waals surface area contributed by atoms with Gasteiger partial charge in [0.2, 0.25) is 5.91 Å². The van der Waals surface area contributed by atoms with Crippen molar-refractivity contribution in [1.82, 2.24) is 10.3 Å². The zero-order valence-electron chi connectivity index (χ0n) is 12.2. The number of carboxylic acids is 1. The molecule has 1 heterocycles. The van der Waals surface area contributed by atoms with Crippen molar-refractivity contribution >= 4 is 33.4 Å². The van der Waals surface area contributed by atoms with Crippen LogP contribution in [0.3, 0.4) is 0 Å². The average molecular weight is 326 g/mol. The Kier molecular flexibility index (Phi) is 4.34. The molecule has 1 aromatic heterocycles. The molecule has 0 aliphatic rings. The van der Waals surface area contributed by atoms with Crippen LogP contribution in [0.4, 0.5) is 0 Å². The fourth-order valence-electron chi connectivity index (χ4n) is 2.23. The molecule has 23 heavy (non-hydrogen) atoms. The molecule has 3 aromatic rings. The molecule has 3 rings (SSSR count). The number of hydrogen-bond acceptors (Lipinski definition) is 4. The molecular formula is C17H14N2O3S. The molecule has 0 radical (unpaired) electrons. The molecular weight excluding hydrogens is 312 g/mol. The van der Waals surface area contributed by atoms with E-state index in [4.69, 9.17) is 5.11 Å². The van der Waals surface area contributed by atoms with Gasteiger partial charge in [-0.3, -0.25) is 9.59 Å². The monoisotopic (exact) mass is 326 g/mol. The third kappa shape index (κ3) is 3.73. The van der Waals surface area contributed by atoms with Crippen LogP contribution < -0.4 is 5.32 Å². The Morgan fingerprint density at radius 1 is 1.09 bits per heavy atom. The highest BCUT2D eigenvalue weighted by Crippen LogP contribution is 2.28. The van der Waals surface area contributed by atoms with Crippen molar-refractivity contribution in [2.45, 2.75) is 6.42 Å². The van der Waals surface area contributed by atoms with Gasteiger partial charge in [0.1, 0.15) is 11.6 Å². The quantitative estimate of drug-likeness (QED) is 0.755. The summed E-state index contributed by atoms with van der Waals surface area (Å²) < 4.78 is 1.01. The molecule has 2 aromatic carbocycles. The van der Waals surface area contributed by atoms with Gasteiger partial charge in [0.25, 0.3) is 0 Å². The minimum absolute atomic E-state index is 0.0906. The number of nitrogens with zero attached hydrogens (tertiary/aromatic N) is 1. The number of aliphatic carboxylic acids is 1. The molecule has 0 aliphatic carbocycles. The summed E-state index contributed by atoms with van der Waals surface area (Å²) in [5, 5.41) is 11.6. The maximum atomic E-state index is 11.7. The van der Waals surface area contributed by atoms with Crippen LogP contribution in [-0.4, -0.2) is 28.5 Å². The van der Waals surface area contributed by atoms with Crippen molar-refractivity contribution in [2.24, 2.45) is 0 Å². The number of amides is 1. The van der Waals surface area contributed by atoms with Crippen LogP contribution in [0.25, 0.3) is 21.3 Å². The second-order valence-corrected chi connectivity index (χ2v) is 6.12. The van der Waals surface area contributed by atoms with Gasteiger partial charge in [-0.05, 0) is 23.3 Å². The van der Waals surface area contributed by atoms with Crippen molar-refractivity contribution in [1.29, 1.82) is 0 Å². The first-order chi connectivity index (χ1) is 11.1. The van der Waals surface area contributed by atoms with Gasteiger partial charge >= 0.3 is 5.97 Å². The number of aromatic nitrogens is 1. The van der Waals surface area contributed by atoms with E-state index >= 15 is 0 Å². The van der Waals surface area contributed by atoms with Gasteiger partial charge in [-0.25, -0.2) is 4.98 Å². The molecule has 0 saturated heterocycles. The maximum Gasteiger partial charge on any atom is 0.322 e. The molecule has 0 spiro atoms. The summed E-state index contributed by atoms with van der Waals surface area (Å²) >= 11 is 1.45. The summed E-state index contributed by atoms with van der Waals surface area (Å²) in [5.74, 6) is -1.40. The molecule has 116 valence electrons. The molecule has 0 atom stereocenters. The van der Waals surface area contributed by atoms with Crippen LogP contribution >= 0.6 is 11.3 Å². The predicted octanol–water partition coefficient (Wildman–Crippen LogP) is 2.71. The summed E-state index contributed by atoms with van der Waals surface area (Å²) in [4.78, 5) is 26.5. The number of fused-ring (bicyclic) bond motifs is 1. The Labute approximate surface area is 136 Å². The van der Waals surface area contributed by atoms with Crippen molar-refractivity contribution in [3.05, 3.63) is 53.5 Å². The predicted molar refractivity (Wildman–Crippen MR) is 89.4 cm³/mol. The van der Waals surface area contributed by atoms with Crippen LogP contribution in [0.15, 0.2) is 48.5 Å². The van der Waals surface area contributed by atoms with E-state index in [0.29, 0.717) is 5.01 Å². The first-order valence-electron chi connectivity index (χ1n) is 7.05. The number of carbonyl (C=O) groups is 2. The SMILES string of the molecule is O=C(O)CNC(=O)Cc1nc2ccc(-c3ccccc3)cc2s1. The van der Waals surface area contributed by atoms with Crippen LogP contribution in [-0.2, 0) is 16.0 Å². The standard InChI is InChI=1S/C17H14N2O3S/c20-15(18-10-17(21)22)9-16-19-13-7-6-12(8-14(13)23-16)11-4-2-1-3-5-11/h1-8H,9-10H2,(H,18,20)(H,21,22). The van der Waals surface area contributed by atoms with Crippen LogP contribution in [0.5, 0.6) is 0 Å². The zero-order chi connectivity index (χ0) is 16.2. The Morgan fingerprint density at radius 2 is 1.87 bits per heavy atom. The topological polar surface area (TPSA) is 79.3 Å². The van der Waals surface area contributed by atoms with E-state index < -0.39 is 5.97 Å². The Hall–Kier alpha value is -2.73. The van der Waals surface area contributed by atoms with Crippen LogP contribution in [0, 0.1) is 0 Å². The third-order valence-electron chi connectivity index (χ3n) is 3.29. The number of hydrogen-bond donors (Lipinski definition) is 2. The fraction of sp³-hybridized carbons (Fsp3) is 0.118. The highest BCUT2D eigenvalue weighted by Gasteiger charge is 2.10. The molecule has 0 saturated carbocycles. The minimum atomic E-state index is -1.06. The third-order valence-corrected chi connectivity index (χ3v) is 4.31. The number of nitrogens with one attached hydrogen (secondary N) is 1. The molecule has 6 heteroatoms. The van der Waals surface area contributed by atoms with E-state index in [1.165, 1.54) is 11.3 Å². The van der Waals surface area contributed by atoms with Gasteiger partial charge in [-0.15, -0.1) is 11.3 Å². The number of benzene rings is 2. The molecule has 0 bridgehead atoms. The number of carboxylic acid groups (broad SMARTS) is 1. The lowest BCUT2D eigenvalue weighted by Gasteiger charge is -2.00. The lowest BCUT2D eigenvalue weighted by molar-refractivity contribution is -0.137. The second kappa shape index (κ2) is 6.58. The Balaban J connectivity index is 1.79. The van der Waals surface area contributed by atoms with E-state index in [9.17, 15) is 9.59 Å². The smallest absolute Gasteiger partial charge is 0.322 e. The van der Waals surface area contributed by atoms with Crippen molar-refractivity contribution in [3.63, 3.8) is 0 Å². The van der Waals surface area contributed by atoms with E-state index in [2.05, 4.69) is 16.4 Å². The zero-order valence-corrected chi connectivity index (χ0v) is 13.0. The normalized spacial score (nSPS) is 10.6. The van der Waals surface area contributed by atoms with Crippen molar-refractivity contribution in [2.75, 3.05) is 6.54 Å². The van der Waals surface area contributed by atoms with Gasteiger partial charge in [0, 0.05) is 0 Å². The Bertz CT molecular complexity index is 859. The van der Waals surface area contributed by atoms with Gasteiger partial charge in [0.05, 0.1) is 16.6 Å². The molecule has 0 fully saturated rings. The fourth-order valence-corrected chi connectivity index (χ4v) is 3.24. The van der Waals surface area contributed by atoms with Gasteiger partial charge in [-0.1, -0.05) is 36.4 Å². The number of thiazole rings is 1. The van der Waals surface area contributed by atoms with Crippen LogP contribution in [0.1, 0.15) is 5.01 Å². The lowest BCUT2D eigenvalue weighted by Crippen LogP contribution is -2.30. The van der Waals surface area contributed by atoms with Gasteiger partial charge in [-0.2, -0.15) is 0 Å². The van der Waals surface area contributed by atoms with Crippen LogP contribution in [0.2, 0.25) is 0 Å². The molecule has 2 N–H and O–H groups in total. The second-order valence-electron chi connectivity index (χ2n) is 5.00.